The van der Waals surface area contributed by atoms with E-state index in [1.165, 1.54) is 0 Å². The third kappa shape index (κ3) is 1.68. The number of nitrogens with one attached hydrogen (secondary N) is 1. The van der Waals surface area contributed by atoms with Gasteiger partial charge in [-0.3, -0.25) is 0 Å². The highest BCUT2D eigenvalue weighted by Crippen LogP contribution is 2.04. The summed E-state index contributed by atoms with van der Waals surface area (Å²) in [6.45, 7) is 0.972. The molecule has 1 rings (SSSR count). The van der Waals surface area contributed by atoms with Crippen molar-refractivity contribution in [3.63, 3.8) is 0 Å². The largest absolute Gasteiger partial charge is 0.325 e. The number of rotatable bonds is 0. The number of hydrogen-bond acceptors (Lipinski definition) is 2. The number of hydrazine groups is 1. The molecule has 10 heavy (non-hydrogen) atoms. The second kappa shape index (κ2) is 3.53. The van der Waals surface area contributed by atoms with Gasteiger partial charge in [0, 0.05) is 12.7 Å². The number of allylic oxidation sites excluding steroid dienone is 1. The summed E-state index contributed by atoms with van der Waals surface area (Å²) in [7, 11) is 0. The van der Waals surface area contributed by atoms with Crippen molar-refractivity contribution in [2.75, 3.05) is 6.54 Å². The summed E-state index contributed by atoms with van der Waals surface area (Å²) in [6, 6.07) is 0. The second-order valence-corrected chi connectivity index (χ2v) is 2.56. The van der Waals surface area contributed by atoms with Gasteiger partial charge in [0.1, 0.15) is 0 Å². The predicted molar refractivity (Wildman–Crippen MR) is 45.0 cm³/mol. The molecule has 3 N–H and O–H groups in total. The van der Waals surface area contributed by atoms with E-state index in [0.717, 1.165) is 19.4 Å². The Kier molecular flexibility index (Phi) is 2.65. The summed E-state index contributed by atoms with van der Waals surface area (Å²) in [5.41, 5.74) is 2.44. The number of hydrogen-bond donors (Lipinski definition) is 2. The molecule has 0 atom stereocenters. The molecule has 0 saturated heterocycles. The third-order valence-electron chi connectivity index (χ3n) is 1.44. The molecule has 0 radical (unpaired) electrons. The minimum atomic E-state index is 0.593. The van der Waals surface area contributed by atoms with E-state index < -0.39 is 0 Å². The van der Waals surface area contributed by atoms with Crippen molar-refractivity contribution in [2.24, 2.45) is 5.84 Å². The SMILES string of the molecule is NNC(=S)N1C=CCCC1. The van der Waals surface area contributed by atoms with Crippen LogP contribution >= 0.6 is 12.2 Å². The lowest BCUT2D eigenvalue weighted by molar-refractivity contribution is 0.501. The summed E-state index contributed by atoms with van der Waals surface area (Å²) < 4.78 is 0. The highest BCUT2D eigenvalue weighted by atomic mass is 32.1. The third-order valence-corrected chi connectivity index (χ3v) is 1.79. The van der Waals surface area contributed by atoms with Crippen molar-refractivity contribution in [2.45, 2.75) is 12.8 Å². The van der Waals surface area contributed by atoms with E-state index in [2.05, 4.69) is 11.5 Å². The zero-order chi connectivity index (χ0) is 7.40. The Morgan fingerprint density at radius 3 is 3.00 bits per heavy atom. The molecule has 56 valence electrons. The van der Waals surface area contributed by atoms with Crippen LogP contribution in [-0.2, 0) is 0 Å². The highest BCUT2D eigenvalue weighted by molar-refractivity contribution is 7.80. The Labute approximate surface area is 65.8 Å². The van der Waals surface area contributed by atoms with Crippen LogP contribution in [0.25, 0.3) is 0 Å². The van der Waals surface area contributed by atoms with Crippen molar-refractivity contribution in [3.05, 3.63) is 12.3 Å². The van der Waals surface area contributed by atoms with Crippen LogP contribution in [0.4, 0.5) is 0 Å². The smallest absolute Gasteiger partial charge is 0.187 e. The lowest BCUT2D eigenvalue weighted by Crippen LogP contribution is -2.41. The normalized spacial score (nSPS) is 17.1. The molecule has 1 aliphatic rings. The molecule has 1 heterocycles. The minimum absolute atomic E-state index is 0.593. The van der Waals surface area contributed by atoms with Gasteiger partial charge in [-0.25, -0.2) is 5.84 Å². The molecule has 0 amide bonds. The molecule has 0 aromatic heterocycles. The first-order chi connectivity index (χ1) is 4.84. The van der Waals surface area contributed by atoms with Gasteiger partial charge >= 0.3 is 0 Å². The van der Waals surface area contributed by atoms with Gasteiger partial charge in [-0.1, -0.05) is 6.08 Å². The molecule has 1 aliphatic heterocycles. The first kappa shape index (κ1) is 7.50. The fraction of sp³-hybridized carbons (Fsp3) is 0.500. The van der Waals surface area contributed by atoms with Crippen molar-refractivity contribution in [1.82, 2.24) is 10.3 Å². The van der Waals surface area contributed by atoms with Gasteiger partial charge in [0.25, 0.3) is 0 Å². The lowest BCUT2D eigenvalue weighted by atomic mass is 10.2. The second-order valence-electron chi connectivity index (χ2n) is 2.17. The zero-order valence-corrected chi connectivity index (χ0v) is 6.53. The van der Waals surface area contributed by atoms with Crippen LogP contribution in [0.3, 0.4) is 0 Å². The monoisotopic (exact) mass is 157 g/mol. The van der Waals surface area contributed by atoms with E-state index in [9.17, 15) is 0 Å². The summed E-state index contributed by atoms with van der Waals surface area (Å²) in [5.74, 6) is 5.14. The van der Waals surface area contributed by atoms with Gasteiger partial charge in [0.15, 0.2) is 5.11 Å². The van der Waals surface area contributed by atoms with Gasteiger partial charge < -0.3 is 10.3 Å². The fourth-order valence-electron chi connectivity index (χ4n) is 0.908. The van der Waals surface area contributed by atoms with Gasteiger partial charge in [-0.2, -0.15) is 0 Å². The Balaban J connectivity index is 2.46. The molecular formula is C6H11N3S. The molecule has 4 heteroatoms. The van der Waals surface area contributed by atoms with Crippen molar-refractivity contribution in [3.8, 4) is 0 Å². The zero-order valence-electron chi connectivity index (χ0n) is 5.71. The van der Waals surface area contributed by atoms with Crippen LogP contribution in [0.2, 0.25) is 0 Å². The molecule has 0 aromatic rings. The maximum absolute atomic E-state index is 5.14. The first-order valence-electron chi connectivity index (χ1n) is 3.28. The molecule has 3 nitrogen and oxygen atoms in total. The van der Waals surface area contributed by atoms with Gasteiger partial charge in [0.05, 0.1) is 0 Å². The molecule has 0 aliphatic carbocycles. The molecular weight excluding hydrogens is 146 g/mol. The van der Waals surface area contributed by atoms with Gasteiger partial charge in [-0.15, -0.1) is 0 Å². The summed E-state index contributed by atoms with van der Waals surface area (Å²) in [4.78, 5) is 1.93. The molecule has 0 bridgehead atoms. The van der Waals surface area contributed by atoms with E-state index in [4.69, 9.17) is 18.1 Å². The Hall–Kier alpha value is -0.610. The van der Waals surface area contributed by atoms with E-state index in [0.29, 0.717) is 5.11 Å². The van der Waals surface area contributed by atoms with Crippen LogP contribution in [0.1, 0.15) is 12.8 Å². The van der Waals surface area contributed by atoms with Crippen LogP contribution < -0.4 is 11.3 Å². The molecule has 0 spiro atoms. The molecule has 0 aromatic carbocycles. The summed E-state index contributed by atoms with van der Waals surface area (Å²) >= 11 is 4.91. The minimum Gasteiger partial charge on any atom is -0.325 e. The van der Waals surface area contributed by atoms with Gasteiger partial charge in [-0.05, 0) is 25.1 Å². The first-order valence-corrected chi connectivity index (χ1v) is 3.69. The predicted octanol–water partition coefficient (Wildman–Crippen LogP) is 0.344. The van der Waals surface area contributed by atoms with Crippen LogP contribution in [0.15, 0.2) is 12.3 Å². The number of thiocarbonyl (C=S) groups is 1. The standard InChI is InChI=1S/C6H11N3S/c7-8-6(10)9-4-2-1-3-5-9/h2,4H,1,3,5,7H2,(H,8,10). The Morgan fingerprint density at radius 2 is 2.50 bits per heavy atom. The Morgan fingerprint density at radius 1 is 1.70 bits per heavy atom. The average molecular weight is 157 g/mol. The van der Waals surface area contributed by atoms with Crippen LogP contribution in [0.5, 0.6) is 0 Å². The molecule has 0 saturated carbocycles. The van der Waals surface area contributed by atoms with E-state index >= 15 is 0 Å². The van der Waals surface area contributed by atoms with Gasteiger partial charge in [0.2, 0.25) is 0 Å². The summed E-state index contributed by atoms with van der Waals surface area (Å²) in [6.07, 6.45) is 6.35. The molecule has 0 unspecified atom stereocenters. The lowest BCUT2D eigenvalue weighted by Gasteiger charge is -2.22. The Bertz CT molecular complexity index is 155. The van der Waals surface area contributed by atoms with E-state index in [-0.39, 0.29) is 0 Å². The van der Waals surface area contributed by atoms with Crippen molar-refractivity contribution < 1.29 is 0 Å². The van der Waals surface area contributed by atoms with Crippen molar-refractivity contribution in [1.29, 1.82) is 0 Å². The van der Waals surface area contributed by atoms with Crippen molar-refractivity contribution >= 4 is 17.3 Å². The van der Waals surface area contributed by atoms with E-state index in [1.807, 2.05) is 11.1 Å². The highest BCUT2D eigenvalue weighted by Gasteiger charge is 2.06. The number of nitrogens with zero attached hydrogens (tertiary/aromatic N) is 1. The quantitative estimate of drug-likeness (QED) is 0.302. The van der Waals surface area contributed by atoms with Crippen LogP contribution in [0, 0.1) is 0 Å². The maximum atomic E-state index is 5.14. The topological polar surface area (TPSA) is 41.3 Å². The average Bonchev–Trinajstić information content (AvgIpc) is 2.05. The summed E-state index contributed by atoms with van der Waals surface area (Å²) in [5, 5.41) is 0.593. The fourth-order valence-corrected chi connectivity index (χ4v) is 1.06. The van der Waals surface area contributed by atoms with E-state index in [1.54, 1.807) is 0 Å². The van der Waals surface area contributed by atoms with Crippen LogP contribution in [-0.4, -0.2) is 16.6 Å². The number of nitrogens with two attached hydrogens (primary N) is 1. The molecule has 0 fully saturated rings. The maximum Gasteiger partial charge on any atom is 0.187 e.